The van der Waals surface area contributed by atoms with Crippen LogP contribution in [0.3, 0.4) is 0 Å². The fourth-order valence-electron chi connectivity index (χ4n) is 7.43. The average molecular weight is 621 g/mol. The lowest BCUT2D eigenvalue weighted by atomic mass is 9.72. The van der Waals surface area contributed by atoms with E-state index in [4.69, 9.17) is 0 Å². The number of Topliss-reactive ketones (excluding diaryl/α,β-unsaturated/α-hetero) is 1. The van der Waals surface area contributed by atoms with E-state index >= 15 is 0 Å². The van der Waals surface area contributed by atoms with Gasteiger partial charge in [0.2, 0.25) is 0 Å². The summed E-state index contributed by atoms with van der Waals surface area (Å²) in [4.78, 5) is 14.6. The van der Waals surface area contributed by atoms with Crippen molar-refractivity contribution in [1.29, 1.82) is 0 Å². The highest BCUT2D eigenvalue weighted by molar-refractivity contribution is 6.14. The van der Waals surface area contributed by atoms with Crippen LogP contribution in [0.5, 0.6) is 0 Å². The van der Waals surface area contributed by atoms with E-state index in [1.165, 1.54) is 39.0 Å². The Morgan fingerprint density at radius 3 is 1.96 bits per heavy atom. The minimum Gasteiger partial charge on any atom is -0.289 e. The Hall–Kier alpha value is -5.53. The monoisotopic (exact) mass is 620 g/mol. The van der Waals surface area contributed by atoms with Crippen LogP contribution in [0.1, 0.15) is 41.3 Å². The first-order valence-corrected chi connectivity index (χ1v) is 17.0. The second kappa shape index (κ2) is 14.5. The van der Waals surface area contributed by atoms with Crippen LogP contribution in [0, 0.1) is 11.8 Å². The second-order valence-corrected chi connectivity index (χ2v) is 12.7. The molecule has 0 saturated carbocycles. The van der Waals surface area contributed by atoms with Gasteiger partial charge in [-0.25, -0.2) is 0 Å². The topological polar surface area (TPSA) is 17.1 Å². The van der Waals surface area contributed by atoms with Gasteiger partial charge >= 0.3 is 0 Å². The van der Waals surface area contributed by atoms with Gasteiger partial charge in [0.15, 0.2) is 5.78 Å². The summed E-state index contributed by atoms with van der Waals surface area (Å²) >= 11 is 0. The van der Waals surface area contributed by atoms with Crippen molar-refractivity contribution in [2.24, 2.45) is 11.8 Å². The molecule has 0 radical (unpaired) electrons. The first-order chi connectivity index (χ1) is 23.7. The summed E-state index contributed by atoms with van der Waals surface area (Å²) in [6, 6.07) is 48.3. The molecule has 0 heterocycles. The molecule has 0 spiro atoms. The zero-order valence-corrected chi connectivity index (χ0v) is 27.4. The number of hydrogen-bond donors (Lipinski definition) is 0. The molecule has 1 heteroatoms. The molecule has 5 aromatic rings. The summed E-state index contributed by atoms with van der Waals surface area (Å²) in [7, 11) is 0. The fourth-order valence-corrected chi connectivity index (χ4v) is 7.43. The zero-order valence-electron chi connectivity index (χ0n) is 27.4. The van der Waals surface area contributed by atoms with Crippen molar-refractivity contribution in [2.45, 2.75) is 26.2 Å². The predicted octanol–water partition coefficient (Wildman–Crippen LogP) is 11.9. The van der Waals surface area contributed by atoms with E-state index in [1.807, 2.05) is 36.4 Å². The van der Waals surface area contributed by atoms with Crippen molar-refractivity contribution in [3.8, 4) is 22.3 Å². The Labute approximate surface area is 285 Å². The molecule has 7 rings (SSSR count). The molecule has 0 fully saturated rings. The summed E-state index contributed by atoms with van der Waals surface area (Å²) in [6.45, 7) is 2.17. The number of carbonyl (C=O) groups is 1. The molecule has 234 valence electrons. The van der Waals surface area contributed by atoms with Gasteiger partial charge in [0.1, 0.15) is 0 Å². The SMILES string of the molecule is CC=C(C1C=C(C(=O)c2ccccc2-c2ccccc2)C=C(Cc2ccccc2-c2ccccc2)C1)C1CC=CC=C1c1ccccc1. The van der Waals surface area contributed by atoms with Gasteiger partial charge in [-0.05, 0) is 65.1 Å². The Morgan fingerprint density at radius 1 is 0.688 bits per heavy atom. The molecule has 1 nitrogen and oxygen atoms in total. The van der Waals surface area contributed by atoms with Crippen LogP contribution in [-0.2, 0) is 6.42 Å². The smallest absolute Gasteiger partial charge is 0.193 e. The van der Waals surface area contributed by atoms with Gasteiger partial charge in [-0.2, -0.15) is 0 Å². The minimum absolute atomic E-state index is 0.0748. The van der Waals surface area contributed by atoms with E-state index in [0.717, 1.165) is 41.5 Å². The van der Waals surface area contributed by atoms with E-state index in [1.54, 1.807) is 0 Å². The highest BCUT2D eigenvalue weighted by atomic mass is 16.1. The first-order valence-electron chi connectivity index (χ1n) is 17.0. The number of rotatable bonds is 9. The molecule has 2 aliphatic rings. The maximum Gasteiger partial charge on any atom is 0.193 e. The lowest BCUT2D eigenvalue weighted by Crippen LogP contribution is -2.20. The van der Waals surface area contributed by atoms with Crippen LogP contribution in [0.4, 0.5) is 0 Å². The van der Waals surface area contributed by atoms with Crippen LogP contribution >= 0.6 is 0 Å². The molecule has 5 aromatic carbocycles. The standard InChI is InChI=1S/C47H40O/c1-2-41(45-28-16-14-26-43(45)36-20-8-4-9-21-36)39-31-34(30-38-24-12-13-25-42(38)35-18-6-3-7-19-35)32-40(33-39)47(48)46-29-17-15-27-44(46)37-22-10-5-11-23-37/h2-27,29,32-33,39,45H,28,30-31H2,1H3. The van der Waals surface area contributed by atoms with E-state index in [9.17, 15) is 4.79 Å². The summed E-state index contributed by atoms with van der Waals surface area (Å²) in [5.74, 6) is 0.420. The van der Waals surface area contributed by atoms with E-state index in [2.05, 4.69) is 147 Å². The predicted molar refractivity (Wildman–Crippen MR) is 201 cm³/mol. The van der Waals surface area contributed by atoms with E-state index in [0.29, 0.717) is 0 Å². The van der Waals surface area contributed by atoms with Crippen LogP contribution < -0.4 is 0 Å². The third kappa shape index (κ3) is 6.64. The van der Waals surface area contributed by atoms with Crippen LogP contribution in [0.15, 0.2) is 193 Å². The van der Waals surface area contributed by atoms with Gasteiger partial charge in [0.05, 0.1) is 0 Å². The van der Waals surface area contributed by atoms with Gasteiger partial charge in [-0.1, -0.05) is 187 Å². The number of ketones is 1. The maximum absolute atomic E-state index is 14.6. The highest BCUT2D eigenvalue weighted by Crippen LogP contribution is 2.43. The Bertz CT molecular complexity index is 2060. The average Bonchev–Trinajstić information content (AvgIpc) is 3.16. The van der Waals surface area contributed by atoms with Gasteiger partial charge in [0, 0.05) is 23.0 Å². The second-order valence-electron chi connectivity index (χ2n) is 12.7. The van der Waals surface area contributed by atoms with Crippen molar-refractivity contribution in [3.05, 3.63) is 209 Å². The van der Waals surface area contributed by atoms with E-state index in [-0.39, 0.29) is 17.6 Å². The number of allylic oxidation sites excluding steroid dienone is 10. The van der Waals surface area contributed by atoms with E-state index < -0.39 is 0 Å². The first kappa shape index (κ1) is 31.1. The Balaban J connectivity index is 1.30. The number of benzene rings is 5. The molecule has 0 saturated heterocycles. The van der Waals surface area contributed by atoms with Crippen molar-refractivity contribution >= 4 is 11.4 Å². The molecule has 0 aromatic heterocycles. The molecule has 0 bridgehead atoms. The quantitative estimate of drug-likeness (QED) is 0.118. The molecule has 2 aliphatic carbocycles. The fraction of sp³-hybridized carbons (Fsp3) is 0.128. The van der Waals surface area contributed by atoms with Crippen LogP contribution in [-0.4, -0.2) is 5.78 Å². The van der Waals surface area contributed by atoms with Crippen LogP contribution in [0.2, 0.25) is 0 Å². The van der Waals surface area contributed by atoms with Gasteiger partial charge in [-0.15, -0.1) is 0 Å². The van der Waals surface area contributed by atoms with Crippen molar-refractivity contribution in [3.63, 3.8) is 0 Å². The summed E-state index contributed by atoms with van der Waals surface area (Å²) < 4.78 is 0. The van der Waals surface area contributed by atoms with Crippen molar-refractivity contribution in [2.75, 3.05) is 0 Å². The summed E-state index contributed by atoms with van der Waals surface area (Å²) in [5, 5.41) is 0. The van der Waals surface area contributed by atoms with Gasteiger partial charge < -0.3 is 0 Å². The molecule has 0 aliphatic heterocycles. The highest BCUT2D eigenvalue weighted by Gasteiger charge is 2.30. The normalized spacial score (nSPS) is 17.7. The van der Waals surface area contributed by atoms with Crippen LogP contribution in [0.25, 0.3) is 27.8 Å². The molecule has 0 N–H and O–H groups in total. The minimum atomic E-state index is 0.0748. The molecule has 0 amide bonds. The zero-order chi connectivity index (χ0) is 32.7. The summed E-state index contributed by atoms with van der Waals surface area (Å²) in [5.41, 5.74) is 12.5. The molecule has 48 heavy (non-hydrogen) atoms. The summed E-state index contributed by atoms with van der Waals surface area (Å²) in [6.07, 6.45) is 16.1. The number of hydrogen-bond acceptors (Lipinski definition) is 1. The number of carbonyl (C=O) groups excluding carboxylic acids is 1. The molecule has 2 atom stereocenters. The van der Waals surface area contributed by atoms with Crippen molar-refractivity contribution < 1.29 is 4.79 Å². The van der Waals surface area contributed by atoms with Gasteiger partial charge in [-0.3, -0.25) is 4.79 Å². The lowest BCUT2D eigenvalue weighted by Gasteiger charge is -2.32. The maximum atomic E-state index is 14.6. The molecular formula is C47H40O. The van der Waals surface area contributed by atoms with Crippen molar-refractivity contribution in [1.82, 2.24) is 0 Å². The third-order valence-electron chi connectivity index (χ3n) is 9.69. The van der Waals surface area contributed by atoms with Gasteiger partial charge in [0.25, 0.3) is 0 Å². The lowest BCUT2D eigenvalue weighted by molar-refractivity contribution is 0.103. The molecular weight excluding hydrogens is 581 g/mol. The third-order valence-corrected chi connectivity index (χ3v) is 9.69. The largest absolute Gasteiger partial charge is 0.289 e. The Morgan fingerprint density at radius 2 is 1.27 bits per heavy atom. The molecule has 2 unspecified atom stereocenters. The Kier molecular flexibility index (Phi) is 9.38.